The molecule has 0 atom stereocenters. The number of halogens is 3. The van der Waals surface area contributed by atoms with E-state index in [1.165, 1.54) is 0 Å². The van der Waals surface area contributed by atoms with Gasteiger partial charge in [-0.05, 0) is 36.4 Å². The molecule has 1 aromatic carbocycles. The van der Waals surface area contributed by atoms with Crippen LogP contribution in [-0.2, 0) is 11.2 Å². The summed E-state index contributed by atoms with van der Waals surface area (Å²) >= 11 is 0. The van der Waals surface area contributed by atoms with Crippen LogP contribution in [0.15, 0.2) is 42.6 Å². The highest BCUT2D eigenvalue weighted by molar-refractivity contribution is 5.97. The molecule has 0 aliphatic carbocycles. The molecule has 0 saturated heterocycles. The number of carbonyl (C=O) groups excluding carboxylic acids is 1. The molecule has 2 aromatic heterocycles. The van der Waals surface area contributed by atoms with Crippen molar-refractivity contribution in [3.63, 3.8) is 0 Å². The molecular weight excluding hydrogens is 455 g/mol. The number of H-pyrrole nitrogens is 1. The van der Waals surface area contributed by atoms with Gasteiger partial charge in [0.1, 0.15) is 0 Å². The monoisotopic (exact) mass is 473 g/mol. The second-order valence-corrected chi connectivity index (χ2v) is 7.27. The van der Waals surface area contributed by atoms with Gasteiger partial charge in [-0.25, -0.2) is 4.79 Å². The van der Waals surface area contributed by atoms with Crippen molar-refractivity contribution in [2.75, 3.05) is 13.3 Å². The number of alkyl halides is 3. The topological polar surface area (TPSA) is 114 Å². The molecule has 0 radical (unpaired) electrons. The van der Waals surface area contributed by atoms with Crippen LogP contribution in [0.2, 0.25) is 0 Å². The highest BCUT2D eigenvalue weighted by Gasteiger charge is 2.38. The summed E-state index contributed by atoms with van der Waals surface area (Å²) in [6.07, 6.45) is 1.41. The Labute approximate surface area is 191 Å². The van der Waals surface area contributed by atoms with E-state index in [1.54, 1.807) is 6.20 Å². The van der Waals surface area contributed by atoms with Gasteiger partial charge >= 0.3 is 12.1 Å². The maximum Gasteiger partial charge on any atom is 0.490 e. The first-order valence-electron chi connectivity index (χ1n) is 10.1. The Bertz CT molecular complexity index is 1270. The number of carboxylic acids is 1. The highest BCUT2D eigenvalue weighted by atomic mass is 19.4. The summed E-state index contributed by atoms with van der Waals surface area (Å²) in [5, 5.41) is 9.99. The molecule has 11 heteroatoms. The van der Waals surface area contributed by atoms with Gasteiger partial charge in [0.2, 0.25) is 6.79 Å². The quantitative estimate of drug-likeness (QED) is 0.532. The first-order chi connectivity index (χ1) is 16.2. The molecule has 2 aliphatic heterocycles. The maximum atomic E-state index is 12.0. The number of amides is 1. The molecule has 34 heavy (non-hydrogen) atoms. The smallest absolute Gasteiger partial charge is 0.475 e. The lowest BCUT2D eigenvalue weighted by atomic mass is 10.1. The molecule has 0 spiro atoms. The van der Waals surface area contributed by atoms with Crippen molar-refractivity contribution in [3.05, 3.63) is 65.1 Å². The van der Waals surface area contributed by atoms with E-state index in [9.17, 15) is 18.0 Å². The van der Waals surface area contributed by atoms with Crippen LogP contribution in [0.25, 0.3) is 23.4 Å². The third-order valence-electron chi connectivity index (χ3n) is 5.00. The largest absolute Gasteiger partial charge is 0.490 e. The van der Waals surface area contributed by atoms with Gasteiger partial charge in [0.15, 0.2) is 11.5 Å². The molecule has 0 saturated carbocycles. The number of para-hydroxylation sites is 1. The zero-order valence-electron chi connectivity index (χ0n) is 17.5. The lowest BCUT2D eigenvalue weighted by Gasteiger charge is -2.10. The number of carbonyl (C=O) groups is 2. The number of pyridine rings is 1. The number of hydrogen-bond acceptors (Lipinski definition) is 5. The summed E-state index contributed by atoms with van der Waals surface area (Å²) in [5.74, 6) is -1.26. The van der Waals surface area contributed by atoms with Crippen LogP contribution in [-0.4, -0.2) is 46.5 Å². The molecule has 1 amide bonds. The predicted molar refractivity (Wildman–Crippen MR) is 115 cm³/mol. The normalized spacial score (nSPS) is 14.3. The maximum absolute atomic E-state index is 12.0. The first kappa shape index (κ1) is 22.9. The van der Waals surface area contributed by atoms with E-state index in [2.05, 4.69) is 15.3 Å². The van der Waals surface area contributed by atoms with Crippen LogP contribution in [0.3, 0.4) is 0 Å². The van der Waals surface area contributed by atoms with Crippen LogP contribution >= 0.6 is 0 Å². The summed E-state index contributed by atoms with van der Waals surface area (Å²) < 4.78 is 42.7. The Hall–Kier alpha value is -4.28. The summed E-state index contributed by atoms with van der Waals surface area (Å²) in [6, 6.07) is 11.6. The summed E-state index contributed by atoms with van der Waals surface area (Å²) in [5.41, 5.74) is 5.39. The first-order valence-corrected chi connectivity index (χ1v) is 10.1. The molecule has 2 aliphatic rings. The van der Waals surface area contributed by atoms with E-state index >= 15 is 0 Å². The number of benzene rings is 1. The van der Waals surface area contributed by atoms with Crippen LogP contribution in [0.4, 0.5) is 13.2 Å². The second kappa shape index (κ2) is 9.30. The lowest BCUT2D eigenvalue weighted by molar-refractivity contribution is -0.192. The average molecular weight is 473 g/mol. The third-order valence-corrected chi connectivity index (χ3v) is 5.00. The van der Waals surface area contributed by atoms with Crippen molar-refractivity contribution >= 4 is 24.0 Å². The molecule has 0 bridgehead atoms. The standard InChI is InChI=1S/C21H17N3O3.C2HF3O2/c25-21-16-11-18(24-17(16)7-9-23-21)14-6-8-22-15(10-14)5-4-13-2-1-3-19-20(13)27-12-26-19;3-2(4,5)1(6)7/h1-6,8,10-11,24H,7,9,12H2,(H,23,25);(H,6,7)/b5-4+;. The van der Waals surface area contributed by atoms with E-state index in [1.807, 2.05) is 48.6 Å². The zero-order valence-corrected chi connectivity index (χ0v) is 17.5. The number of hydrogen-bond donors (Lipinski definition) is 3. The van der Waals surface area contributed by atoms with Crippen molar-refractivity contribution in [2.45, 2.75) is 12.6 Å². The Morgan fingerprint density at radius 3 is 2.68 bits per heavy atom. The molecule has 4 heterocycles. The third kappa shape index (κ3) is 5.03. The number of ether oxygens (including phenoxy) is 2. The molecule has 3 N–H and O–H groups in total. The van der Waals surface area contributed by atoms with Gasteiger partial charge in [0.05, 0.1) is 11.3 Å². The highest BCUT2D eigenvalue weighted by Crippen LogP contribution is 2.36. The van der Waals surface area contributed by atoms with Gasteiger partial charge in [0, 0.05) is 41.7 Å². The number of carboxylic acid groups (broad SMARTS) is 1. The van der Waals surface area contributed by atoms with Gasteiger partial charge < -0.3 is 24.9 Å². The lowest BCUT2D eigenvalue weighted by Crippen LogP contribution is -2.31. The fourth-order valence-corrected chi connectivity index (χ4v) is 3.42. The Morgan fingerprint density at radius 2 is 1.94 bits per heavy atom. The number of aromatic amines is 1. The van der Waals surface area contributed by atoms with Gasteiger partial charge in [0.25, 0.3) is 5.91 Å². The van der Waals surface area contributed by atoms with Crippen molar-refractivity contribution in [1.29, 1.82) is 0 Å². The fourth-order valence-electron chi connectivity index (χ4n) is 3.42. The van der Waals surface area contributed by atoms with Gasteiger partial charge in [-0.3, -0.25) is 9.78 Å². The van der Waals surface area contributed by atoms with Crippen LogP contribution in [0, 0.1) is 0 Å². The number of aromatic nitrogens is 2. The number of nitrogens with zero attached hydrogens (tertiary/aromatic N) is 1. The van der Waals surface area contributed by atoms with E-state index in [-0.39, 0.29) is 12.7 Å². The summed E-state index contributed by atoms with van der Waals surface area (Å²) in [4.78, 5) is 28.7. The molecule has 8 nitrogen and oxygen atoms in total. The summed E-state index contributed by atoms with van der Waals surface area (Å²) in [6.45, 7) is 0.919. The number of aliphatic carboxylic acids is 1. The number of fused-ring (bicyclic) bond motifs is 2. The second-order valence-electron chi connectivity index (χ2n) is 7.27. The molecule has 3 aromatic rings. The Kier molecular flexibility index (Phi) is 6.26. The molecule has 0 unspecified atom stereocenters. The SMILES string of the molecule is O=C(O)C(F)(F)F.O=C1NCCc2[nH]c(-c3ccnc(/C=C/c4cccc5c4OCO5)c3)cc21. The van der Waals surface area contributed by atoms with Crippen molar-refractivity contribution in [2.24, 2.45) is 0 Å². The minimum Gasteiger partial charge on any atom is -0.475 e. The zero-order chi connectivity index (χ0) is 24.3. The van der Waals surface area contributed by atoms with Crippen molar-refractivity contribution < 1.29 is 37.3 Å². The average Bonchev–Trinajstić information content (AvgIpc) is 3.46. The van der Waals surface area contributed by atoms with E-state index < -0.39 is 12.1 Å². The molecule has 5 rings (SSSR count). The molecule has 176 valence electrons. The fraction of sp³-hybridized carbons (Fsp3) is 0.174. The number of nitrogens with one attached hydrogen (secondary N) is 2. The minimum absolute atomic E-state index is 0.0203. The van der Waals surface area contributed by atoms with Crippen LogP contribution in [0.1, 0.15) is 27.3 Å². The Balaban J connectivity index is 0.000000344. The van der Waals surface area contributed by atoms with E-state index in [4.69, 9.17) is 19.4 Å². The molecular formula is C23H18F3N3O5. The van der Waals surface area contributed by atoms with Gasteiger partial charge in [-0.2, -0.15) is 13.2 Å². The van der Waals surface area contributed by atoms with Crippen molar-refractivity contribution in [3.8, 4) is 22.8 Å². The van der Waals surface area contributed by atoms with Crippen molar-refractivity contribution in [1.82, 2.24) is 15.3 Å². The predicted octanol–water partition coefficient (Wildman–Crippen LogP) is 3.90. The number of rotatable bonds is 3. The van der Waals surface area contributed by atoms with Gasteiger partial charge in [-0.15, -0.1) is 0 Å². The minimum atomic E-state index is -5.08. The summed E-state index contributed by atoms with van der Waals surface area (Å²) in [7, 11) is 0. The van der Waals surface area contributed by atoms with Gasteiger partial charge in [-0.1, -0.05) is 12.1 Å². The Morgan fingerprint density at radius 1 is 1.15 bits per heavy atom. The molecule has 0 fully saturated rings. The van der Waals surface area contributed by atoms with Crippen LogP contribution in [0.5, 0.6) is 11.5 Å². The van der Waals surface area contributed by atoms with E-state index in [0.29, 0.717) is 6.54 Å². The van der Waals surface area contributed by atoms with Crippen LogP contribution < -0.4 is 14.8 Å². The van der Waals surface area contributed by atoms with E-state index in [0.717, 1.165) is 51.7 Å².